The smallest absolute Gasteiger partial charge is 0.209 e. The number of nitrogens with one attached hydrogen (secondary N) is 1. The van der Waals surface area contributed by atoms with Crippen LogP contribution in [0.4, 0.5) is 5.69 Å². The Morgan fingerprint density at radius 3 is 2.36 bits per heavy atom. The molecule has 1 heterocycles. The molecule has 0 saturated carbocycles. The van der Waals surface area contributed by atoms with Crippen molar-refractivity contribution in [2.45, 2.75) is 32.0 Å². The maximum absolute atomic E-state index is 3.96. The maximum Gasteiger partial charge on any atom is 0.209 e. The van der Waals surface area contributed by atoms with Crippen molar-refractivity contribution in [1.29, 1.82) is 0 Å². The lowest BCUT2D eigenvalue weighted by Gasteiger charge is -2.21. The molecule has 0 saturated heterocycles. The Hall–Kier alpha value is -1.02. The summed E-state index contributed by atoms with van der Waals surface area (Å²) in [7, 11) is 1.86. The summed E-state index contributed by atoms with van der Waals surface area (Å²) < 4.78 is 1.70. The largest absolute Gasteiger partial charge is 1.00 e. The van der Waals surface area contributed by atoms with Crippen LogP contribution in [-0.4, -0.2) is 45.6 Å². The number of hydrogen-bond donors (Lipinski definition) is 1. The number of nitrogens with zero attached hydrogens (tertiary/aromatic N) is 5. The van der Waals surface area contributed by atoms with Crippen LogP contribution in [0, 0.1) is 0 Å². The fourth-order valence-electron chi connectivity index (χ4n) is 2.35. The summed E-state index contributed by atoms with van der Waals surface area (Å²) in [6, 6.07) is 8.84. The van der Waals surface area contributed by atoms with Gasteiger partial charge in [-0.15, -0.1) is 5.10 Å². The molecule has 1 N–H and O–H groups in total. The quantitative estimate of drug-likeness (QED) is 0.325. The number of aryl methyl sites for hydroxylation is 1. The number of benzene rings is 1. The van der Waals surface area contributed by atoms with Crippen molar-refractivity contribution in [2.24, 2.45) is 7.05 Å². The third-order valence-electron chi connectivity index (χ3n) is 3.70. The summed E-state index contributed by atoms with van der Waals surface area (Å²) in [5.41, 5.74) is 2.62. The van der Waals surface area contributed by atoms with E-state index >= 15 is 0 Å². The predicted octanol–water partition coefficient (Wildman–Crippen LogP) is -3.66. The lowest BCUT2D eigenvalue weighted by atomic mass is 10.2. The predicted molar refractivity (Wildman–Crippen MR) is 95.8 cm³/mol. The molecule has 1 aromatic carbocycles. The molecule has 1 aromatic heterocycles. The minimum atomic E-state index is 0. The molecule has 25 heavy (non-hydrogen) atoms. The van der Waals surface area contributed by atoms with Gasteiger partial charge in [0.2, 0.25) is 5.16 Å². The molecule has 9 heteroatoms. The van der Waals surface area contributed by atoms with Gasteiger partial charge in [-0.3, -0.25) is 0 Å². The van der Waals surface area contributed by atoms with Crippen molar-refractivity contribution < 1.29 is 24.8 Å². The van der Waals surface area contributed by atoms with Crippen molar-refractivity contribution in [3.05, 3.63) is 29.8 Å². The molecular weight excluding hydrogens is 379 g/mol. The molecule has 6 nitrogen and oxygen atoms in total. The molecule has 0 spiro atoms. The number of tetrazole rings is 1. The summed E-state index contributed by atoms with van der Waals surface area (Å²) in [5.74, 6) is 1.02. The monoisotopic (exact) mass is 404 g/mol. The molecule has 0 aliphatic rings. The minimum Gasteiger partial charge on any atom is -1.00 e. The van der Waals surface area contributed by atoms with Crippen LogP contribution < -0.4 is 35.0 Å². The zero-order valence-corrected chi connectivity index (χ0v) is 17.3. The molecule has 0 fully saturated rings. The van der Waals surface area contributed by atoms with E-state index in [-0.39, 0.29) is 24.8 Å². The van der Waals surface area contributed by atoms with Crippen molar-refractivity contribution in [3.8, 4) is 0 Å². The van der Waals surface area contributed by atoms with Crippen LogP contribution in [-0.2, 0) is 13.6 Å². The molecule has 0 amide bonds. The number of rotatable bonds is 10. The van der Waals surface area contributed by atoms with Crippen LogP contribution >= 0.6 is 11.8 Å². The summed E-state index contributed by atoms with van der Waals surface area (Å²) in [5, 5.41) is 15.8. The number of thioether (sulfide) groups is 1. The summed E-state index contributed by atoms with van der Waals surface area (Å²) in [4.78, 5) is 2.36. The van der Waals surface area contributed by atoms with Crippen LogP contribution in [0.2, 0.25) is 0 Å². The van der Waals surface area contributed by atoms with E-state index in [1.165, 1.54) is 11.3 Å². The van der Waals surface area contributed by atoms with Gasteiger partial charge in [0.25, 0.3) is 0 Å². The standard InChI is InChI=1S/C16H26N6S.2ClH/c1-4-22(5-2)15-9-7-14(8-10-15)13-17-11-6-12-23-16-18-19-20-21(16)3;;/h7-10,17H,4-6,11-13H2,1-3H3;2*1H/p-2. The van der Waals surface area contributed by atoms with E-state index in [0.717, 1.165) is 43.5 Å². The average molecular weight is 405 g/mol. The highest BCUT2D eigenvalue weighted by Crippen LogP contribution is 2.15. The number of aromatic nitrogens is 4. The minimum absolute atomic E-state index is 0. The van der Waals surface area contributed by atoms with E-state index < -0.39 is 0 Å². The fourth-order valence-corrected chi connectivity index (χ4v) is 3.14. The summed E-state index contributed by atoms with van der Waals surface area (Å²) in [6.45, 7) is 8.38. The lowest BCUT2D eigenvalue weighted by molar-refractivity contribution is -0.00100. The first kappa shape index (κ1) is 24.0. The first-order valence-electron chi connectivity index (χ1n) is 8.14. The van der Waals surface area contributed by atoms with Gasteiger partial charge in [-0.05, 0) is 54.9 Å². The Labute approximate surface area is 166 Å². The van der Waals surface area contributed by atoms with Gasteiger partial charge >= 0.3 is 0 Å². The Morgan fingerprint density at radius 1 is 1.12 bits per heavy atom. The van der Waals surface area contributed by atoms with Crippen LogP contribution in [0.15, 0.2) is 29.4 Å². The van der Waals surface area contributed by atoms with Gasteiger partial charge in [-0.1, -0.05) is 23.9 Å². The highest BCUT2D eigenvalue weighted by molar-refractivity contribution is 7.99. The van der Waals surface area contributed by atoms with Crippen LogP contribution in [0.25, 0.3) is 0 Å². The first-order valence-corrected chi connectivity index (χ1v) is 9.13. The second-order valence-corrected chi connectivity index (χ2v) is 6.36. The van der Waals surface area contributed by atoms with Gasteiger partial charge in [0, 0.05) is 38.1 Å². The second kappa shape index (κ2) is 13.2. The van der Waals surface area contributed by atoms with Crippen molar-refractivity contribution in [3.63, 3.8) is 0 Å². The SMILES string of the molecule is CCN(CC)c1ccc(CNCCCSc2nnnn2C)cc1.[Cl-].[Cl-]. The molecule has 0 aliphatic carbocycles. The lowest BCUT2D eigenvalue weighted by Crippen LogP contribution is -3.00. The fraction of sp³-hybridized carbons (Fsp3) is 0.562. The maximum atomic E-state index is 3.96. The van der Waals surface area contributed by atoms with E-state index in [2.05, 4.69) is 63.9 Å². The van der Waals surface area contributed by atoms with E-state index in [9.17, 15) is 0 Å². The topological polar surface area (TPSA) is 58.9 Å². The molecule has 0 radical (unpaired) electrons. The van der Waals surface area contributed by atoms with Gasteiger partial charge in [0.05, 0.1) is 0 Å². The normalized spacial score (nSPS) is 10.0. The Morgan fingerprint density at radius 2 is 1.80 bits per heavy atom. The zero-order valence-electron chi connectivity index (χ0n) is 15.0. The van der Waals surface area contributed by atoms with Crippen LogP contribution in [0.3, 0.4) is 0 Å². The first-order chi connectivity index (χ1) is 11.2. The molecule has 2 aromatic rings. The molecule has 0 unspecified atom stereocenters. The van der Waals surface area contributed by atoms with E-state index in [1.54, 1.807) is 16.4 Å². The van der Waals surface area contributed by atoms with Crippen molar-refractivity contribution in [2.75, 3.05) is 30.3 Å². The van der Waals surface area contributed by atoms with Gasteiger partial charge in [-0.2, -0.15) is 0 Å². The van der Waals surface area contributed by atoms with Crippen LogP contribution in [0.1, 0.15) is 25.8 Å². The Bertz CT molecular complexity index is 574. The molecule has 2 rings (SSSR count). The van der Waals surface area contributed by atoms with E-state index in [4.69, 9.17) is 0 Å². The molecular formula is C16H26Cl2N6S-2. The highest BCUT2D eigenvalue weighted by Gasteiger charge is 2.03. The third-order valence-corrected chi connectivity index (χ3v) is 4.80. The molecule has 142 valence electrons. The van der Waals surface area contributed by atoms with Crippen molar-refractivity contribution >= 4 is 17.4 Å². The number of hydrogen-bond acceptors (Lipinski definition) is 6. The molecule has 0 aliphatic heterocycles. The van der Waals surface area contributed by atoms with E-state index in [0.29, 0.717) is 0 Å². The summed E-state index contributed by atoms with van der Waals surface area (Å²) in [6.07, 6.45) is 1.09. The van der Waals surface area contributed by atoms with Gasteiger partial charge < -0.3 is 35.0 Å². The van der Waals surface area contributed by atoms with Gasteiger partial charge in [-0.25, -0.2) is 4.68 Å². The second-order valence-electron chi connectivity index (χ2n) is 5.30. The summed E-state index contributed by atoms with van der Waals surface area (Å²) >= 11 is 1.69. The van der Waals surface area contributed by atoms with Gasteiger partial charge in [0.15, 0.2) is 0 Å². The van der Waals surface area contributed by atoms with Crippen LogP contribution in [0.5, 0.6) is 0 Å². The average Bonchev–Trinajstić information content (AvgIpc) is 2.98. The Balaban J connectivity index is 0.00000288. The van der Waals surface area contributed by atoms with Gasteiger partial charge in [0.1, 0.15) is 0 Å². The zero-order chi connectivity index (χ0) is 16.5. The Kier molecular flexibility index (Phi) is 12.7. The molecule has 0 bridgehead atoms. The van der Waals surface area contributed by atoms with Crippen molar-refractivity contribution in [1.82, 2.24) is 25.5 Å². The molecule has 0 atom stereocenters. The number of halogens is 2. The highest BCUT2D eigenvalue weighted by atomic mass is 35.5. The van der Waals surface area contributed by atoms with E-state index in [1.807, 2.05) is 7.05 Å². The third kappa shape index (κ3) is 7.81. The number of anilines is 1.